The van der Waals surface area contributed by atoms with Gasteiger partial charge < -0.3 is 14.5 Å². The number of esters is 1. The van der Waals surface area contributed by atoms with Gasteiger partial charge in [0.15, 0.2) is 6.61 Å². The van der Waals surface area contributed by atoms with Gasteiger partial charge in [-0.15, -0.1) is 10.2 Å². The summed E-state index contributed by atoms with van der Waals surface area (Å²) in [6.07, 6.45) is 3.97. The van der Waals surface area contributed by atoms with E-state index in [2.05, 4.69) is 15.5 Å². The Kier molecular flexibility index (Phi) is 5.42. The summed E-state index contributed by atoms with van der Waals surface area (Å²) in [6.45, 7) is 1.29. The monoisotopic (exact) mass is 343 g/mol. The zero-order chi connectivity index (χ0) is 17.6. The highest BCUT2D eigenvalue weighted by molar-refractivity contribution is 5.83. The lowest BCUT2D eigenvalue weighted by Gasteiger charge is -2.21. The second kappa shape index (κ2) is 7.92. The third-order valence-electron chi connectivity index (χ3n) is 4.31. The molecule has 0 spiro atoms. The van der Waals surface area contributed by atoms with Gasteiger partial charge >= 0.3 is 5.97 Å². The minimum Gasteiger partial charge on any atom is -0.454 e. The van der Waals surface area contributed by atoms with E-state index >= 15 is 0 Å². The van der Waals surface area contributed by atoms with E-state index in [-0.39, 0.29) is 24.3 Å². The molecule has 0 saturated heterocycles. The smallest absolute Gasteiger partial charge is 0.329 e. The number of ether oxygens (including phenoxy) is 1. The average Bonchev–Trinajstić information content (AvgIpc) is 3.30. The lowest BCUT2D eigenvalue weighted by Crippen LogP contribution is -2.45. The average molecular weight is 343 g/mol. The van der Waals surface area contributed by atoms with E-state index in [0.29, 0.717) is 5.89 Å². The van der Waals surface area contributed by atoms with E-state index in [0.717, 1.165) is 31.2 Å². The summed E-state index contributed by atoms with van der Waals surface area (Å²) in [6, 6.07) is 8.74. The molecule has 2 aromatic rings. The standard InChI is InChI=1S/C18H21N3O4/c1-12(22)19-16(13-7-5-6-8-13)18(23)24-11-15-20-21-17(25-15)14-9-3-2-4-10-14/h2-4,9-10,13,16H,5-8,11H2,1H3,(H,19,22)/t16-/m0/s1. The number of nitrogens with one attached hydrogen (secondary N) is 1. The Morgan fingerprint density at radius 2 is 1.96 bits per heavy atom. The Hall–Kier alpha value is -2.70. The number of rotatable bonds is 6. The molecule has 1 heterocycles. The highest BCUT2D eigenvalue weighted by atomic mass is 16.5. The lowest BCUT2D eigenvalue weighted by atomic mass is 9.98. The van der Waals surface area contributed by atoms with Crippen LogP contribution in [-0.4, -0.2) is 28.1 Å². The first kappa shape index (κ1) is 17.1. The van der Waals surface area contributed by atoms with Gasteiger partial charge in [0.05, 0.1) is 0 Å². The molecule has 1 aliphatic rings. The maximum absolute atomic E-state index is 12.4. The number of carbonyl (C=O) groups excluding carboxylic acids is 2. The summed E-state index contributed by atoms with van der Waals surface area (Å²) in [7, 11) is 0. The van der Waals surface area contributed by atoms with E-state index in [9.17, 15) is 9.59 Å². The Morgan fingerprint density at radius 1 is 1.24 bits per heavy atom. The molecule has 25 heavy (non-hydrogen) atoms. The SMILES string of the molecule is CC(=O)N[C@H](C(=O)OCc1nnc(-c2ccccc2)o1)C1CCCC1. The molecule has 1 aromatic carbocycles. The van der Waals surface area contributed by atoms with Crippen LogP contribution >= 0.6 is 0 Å². The summed E-state index contributed by atoms with van der Waals surface area (Å²) in [5.74, 6) is 0.0274. The fourth-order valence-corrected chi connectivity index (χ4v) is 3.11. The Bertz CT molecular complexity index is 723. The summed E-state index contributed by atoms with van der Waals surface area (Å²) in [5.41, 5.74) is 0.801. The molecule has 132 valence electrons. The topological polar surface area (TPSA) is 94.3 Å². The van der Waals surface area contributed by atoms with Crippen molar-refractivity contribution in [2.24, 2.45) is 5.92 Å². The van der Waals surface area contributed by atoms with Crippen molar-refractivity contribution in [3.8, 4) is 11.5 Å². The Morgan fingerprint density at radius 3 is 2.64 bits per heavy atom. The first-order valence-corrected chi connectivity index (χ1v) is 8.45. The van der Waals surface area contributed by atoms with Gasteiger partial charge in [0.25, 0.3) is 5.89 Å². The van der Waals surface area contributed by atoms with Crippen LogP contribution in [0.15, 0.2) is 34.7 Å². The fourth-order valence-electron chi connectivity index (χ4n) is 3.11. The lowest BCUT2D eigenvalue weighted by molar-refractivity contribution is -0.151. The molecule has 0 bridgehead atoms. The van der Waals surface area contributed by atoms with Crippen molar-refractivity contribution in [1.82, 2.24) is 15.5 Å². The van der Waals surface area contributed by atoms with Gasteiger partial charge in [0.2, 0.25) is 11.8 Å². The molecule has 1 fully saturated rings. The molecule has 7 nitrogen and oxygen atoms in total. The molecular weight excluding hydrogens is 322 g/mol. The predicted octanol–water partition coefficient (Wildman–Crippen LogP) is 2.47. The largest absolute Gasteiger partial charge is 0.454 e. The van der Waals surface area contributed by atoms with Crippen LogP contribution in [0.1, 0.15) is 38.5 Å². The van der Waals surface area contributed by atoms with Gasteiger partial charge in [-0.25, -0.2) is 4.79 Å². The molecule has 3 rings (SSSR count). The molecule has 1 atom stereocenters. The van der Waals surface area contributed by atoms with Crippen molar-refractivity contribution < 1.29 is 18.7 Å². The molecular formula is C18H21N3O4. The minimum absolute atomic E-state index is 0.110. The maximum Gasteiger partial charge on any atom is 0.329 e. The molecule has 1 aliphatic carbocycles. The van der Waals surface area contributed by atoms with Crippen molar-refractivity contribution in [1.29, 1.82) is 0 Å². The van der Waals surface area contributed by atoms with Crippen LogP contribution in [0.2, 0.25) is 0 Å². The van der Waals surface area contributed by atoms with Gasteiger partial charge in [0, 0.05) is 12.5 Å². The summed E-state index contributed by atoms with van der Waals surface area (Å²) < 4.78 is 10.8. The van der Waals surface area contributed by atoms with Gasteiger partial charge in [-0.1, -0.05) is 31.0 Å². The van der Waals surface area contributed by atoms with Crippen molar-refractivity contribution in [2.45, 2.75) is 45.3 Å². The predicted molar refractivity (Wildman–Crippen MR) is 89.1 cm³/mol. The quantitative estimate of drug-likeness (QED) is 0.810. The van der Waals surface area contributed by atoms with Crippen LogP contribution in [0.4, 0.5) is 0 Å². The molecule has 0 unspecified atom stereocenters. The van der Waals surface area contributed by atoms with Crippen LogP contribution < -0.4 is 5.32 Å². The summed E-state index contributed by atoms with van der Waals surface area (Å²) >= 11 is 0. The number of benzene rings is 1. The Labute approximate surface area is 145 Å². The number of nitrogens with zero attached hydrogens (tertiary/aromatic N) is 2. The zero-order valence-corrected chi connectivity index (χ0v) is 14.1. The van der Waals surface area contributed by atoms with Crippen molar-refractivity contribution >= 4 is 11.9 Å². The first-order valence-electron chi connectivity index (χ1n) is 8.45. The highest BCUT2D eigenvalue weighted by Crippen LogP contribution is 2.28. The highest BCUT2D eigenvalue weighted by Gasteiger charge is 2.32. The van der Waals surface area contributed by atoms with E-state index in [1.54, 1.807) is 0 Å². The van der Waals surface area contributed by atoms with Gasteiger partial charge in [-0.3, -0.25) is 4.79 Å². The van der Waals surface area contributed by atoms with E-state index in [4.69, 9.17) is 9.15 Å². The van der Waals surface area contributed by atoms with Crippen molar-refractivity contribution in [2.75, 3.05) is 0 Å². The van der Waals surface area contributed by atoms with Crippen molar-refractivity contribution in [3.05, 3.63) is 36.2 Å². The second-order valence-corrected chi connectivity index (χ2v) is 6.20. The number of amides is 1. The molecule has 0 radical (unpaired) electrons. The number of aromatic nitrogens is 2. The molecule has 1 amide bonds. The normalized spacial score (nSPS) is 15.7. The van der Waals surface area contributed by atoms with E-state index in [1.165, 1.54) is 6.92 Å². The first-order chi connectivity index (χ1) is 12.1. The fraction of sp³-hybridized carbons (Fsp3) is 0.444. The number of hydrogen-bond donors (Lipinski definition) is 1. The maximum atomic E-state index is 12.4. The van der Waals surface area contributed by atoms with Crippen LogP contribution in [0.5, 0.6) is 0 Å². The molecule has 7 heteroatoms. The second-order valence-electron chi connectivity index (χ2n) is 6.20. The van der Waals surface area contributed by atoms with Crippen molar-refractivity contribution in [3.63, 3.8) is 0 Å². The van der Waals surface area contributed by atoms with E-state index in [1.807, 2.05) is 30.3 Å². The molecule has 1 aromatic heterocycles. The van der Waals surface area contributed by atoms with Gasteiger partial charge in [-0.05, 0) is 30.9 Å². The summed E-state index contributed by atoms with van der Waals surface area (Å²) in [4.78, 5) is 23.8. The molecule has 1 N–H and O–H groups in total. The summed E-state index contributed by atoms with van der Waals surface area (Å²) in [5, 5.41) is 10.6. The molecule has 0 aliphatic heterocycles. The number of carbonyl (C=O) groups is 2. The van der Waals surface area contributed by atoms with E-state index < -0.39 is 12.0 Å². The third-order valence-corrected chi connectivity index (χ3v) is 4.31. The van der Waals surface area contributed by atoms with Gasteiger partial charge in [0.1, 0.15) is 6.04 Å². The van der Waals surface area contributed by atoms with Crippen LogP contribution in [0.3, 0.4) is 0 Å². The van der Waals surface area contributed by atoms with Crippen LogP contribution in [0, 0.1) is 5.92 Å². The molecule has 1 saturated carbocycles. The Balaban J connectivity index is 1.60. The zero-order valence-electron chi connectivity index (χ0n) is 14.1. The van der Waals surface area contributed by atoms with Crippen LogP contribution in [0.25, 0.3) is 11.5 Å². The number of hydrogen-bond acceptors (Lipinski definition) is 6. The third kappa shape index (κ3) is 4.43. The van der Waals surface area contributed by atoms with Crippen LogP contribution in [-0.2, 0) is 20.9 Å². The van der Waals surface area contributed by atoms with Gasteiger partial charge in [-0.2, -0.15) is 0 Å². The minimum atomic E-state index is -0.614.